The van der Waals surface area contributed by atoms with E-state index in [0.717, 1.165) is 11.3 Å². The van der Waals surface area contributed by atoms with Crippen molar-refractivity contribution < 1.29 is 14.3 Å². The maximum absolute atomic E-state index is 11.8. The standard InChI is InChI=1S/C20H26O3S/c1-15(2)19(11-10-17(21)14-20(22)23-4)16(3)12-13-24-18-8-6-5-7-9-18/h5-9,12,19H,1,10-11,13-14H2,2-4H3/b16-12-/t19-/m0/s1. The van der Waals surface area contributed by atoms with Crippen LogP contribution >= 0.6 is 11.8 Å². The lowest BCUT2D eigenvalue weighted by Crippen LogP contribution is -2.12. The Morgan fingerprint density at radius 2 is 1.92 bits per heavy atom. The van der Waals surface area contributed by atoms with Gasteiger partial charge in [0.1, 0.15) is 12.2 Å². The molecule has 130 valence electrons. The van der Waals surface area contributed by atoms with Crippen LogP contribution in [-0.4, -0.2) is 24.6 Å². The molecule has 0 aliphatic carbocycles. The van der Waals surface area contributed by atoms with E-state index in [-0.39, 0.29) is 18.1 Å². The van der Waals surface area contributed by atoms with Crippen molar-refractivity contribution in [2.24, 2.45) is 5.92 Å². The Hall–Kier alpha value is -1.81. The smallest absolute Gasteiger partial charge is 0.313 e. The summed E-state index contributed by atoms with van der Waals surface area (Å²) in [5, 5.41) is 0. The van der Waals surface area contributed by atoms with Crippen molar-refractivity contribution in [2.75, 3.05) is 12.9 Å². The van der Waals surface area contributed by atoms with Crippen molar-refractivity contribution in [1.82, 2.24) is 0 Å². The van der Waals surface area contributed by atoms with Gasteiger partial charge in [-0.2, -0.15) is 0 Å². The number of esters is 1. The zero-order valence-electron chi connectivity index (χ0n) is 14.7. The van der Waals surface area contributed by atoms with Crippen LogP contribution in [0, 0.1) is 5.92 Å². The van der Waals surface area contributed by atoms with E-state index in [2.05, 4.69) is 36.4 Å². The van der Waals surface area contributed by atoms with Gasteiger partial charge in [0.2, 0.25) is 0 Å². The van der Waals surface area contributed by atoms with Crippen LogP contribution in [0.5, 0.6) is 0 Å². The number of benzene rings is 1. The first-order valence-corrected chi connectivity index (χ1v) is 9.01. The fourth-order valence-electron chi connectivity index (χ4n) is 2.42. The second-order valence-corrected chi connectivity index (χ2v) is 6.89. The highest BCUT2D eigenvalue weighted by Gasteiger charge is 2.16. The first-order chi connectivity index (χ1) is 11.4. The molecule has 3 nitrogen and oxygen atoms in total. The number of methoxy groups -OCH3 is 1. The van der Waals surface area contributed by atoms with Gasteiger partial charge in [-0.1, -0.05) is 42.0 Å². The molecule has 1 aromatic carbocycles. The van der Waals surface area contributed by atoms with E-state index in [1.807, 2.05) is 25.1 Å². The lowest BCUT2D eigenvalue weighted by Gasteiger charge is -2.18. The van der Waals surface area contributed by atoms with Gasteiger partial charge in [0.05, 0.1) is 7.11 Å². The minimum atomic E-state index is -0.474. The van der Waals surface area contributed by atoms with Crippen LogP contribution in [0.25, 0.3) is 0 Å². The van der Waals surface area contributed by atoms with Crippen LogP contribution < -0.4 is 0 Å². The molecular formula is C20H26O3S. The molecule has 0 aliphatic heterocycles. The van der Waals surface area contributed by atoms with Crippen LogP contribution in [0.3, 0.4) is 0 Å². The van der Waals surface area contributed by atoms with E-state index in [1.54, 1.807) is 11.8 Å². The Kier molecular flexibility index (Phi) is 9.16. The zero-order chi connectivity index (χ0) is 17.9. The quantitative estimate of drug-likeness (QED) is 0.263. The molecule has 0 bridgehead atoms. The van der Waals surface area contributed by atoms with E-state index < -0.39 is 5.97 Å². The third-order valence-electron chi connectivity index (χ3n) is 3.82. The number of hydrogen-bond acceptors (Lipinski definition) is 4. The van der Waals surface area contributed by atoms with Crippen molar-refractivity contribution >= 4 is 23.5 Å². The summed E-state index contributed by atoms with van der Waals surface area (Å²) in [4.78, 5) is 24.2. The molecule has 0 N–H and O–H groups in total. The molecule has 0 aromatic heterocycles. The summed E-state index contributed by atoms with van der Waals surface area (Å²) in [6, 6.07) is 10.3. The molecule has 0 unspecified atom stereocenters. The number of ketones is 1. The number of rotatable bonds is 10. The molecular weight excluding hydrogens is 320 g/mol. The normalized spacial score (nSPS) is 12.5. The second kappa shape index (κ2) is 10.9. The summed E-state index contributed by atoms with van der Waals surface area (Å²) in [5.74, 6) is 0.497. The molecule has 0 spiro atoms. The van der Waals surface area contributed by atoms with Gasteiger partial charge in [0, 0.05) is 23.0 Å². The van der Waals surface area contributed by atoms with Crippen molar-refractivity contribution in [3.8, 4) is 0 Å². The van der Waals surface area contributed by atoms with Crippen LogP contribution in [-0.2, 0) is 14.3 Å². The fourth-order valence-corrected chi connectivity index (χ4v) is 3.31. The first-order valence-electron chi connectivity index (χ1n) is 8.02. The number of carbonyl (C=O) groups excluding carboxylic acids is 2. The maximum Gasteiger partial charge on any atom is 0.313 e. The molecule has 1 aromatic rings. The second-order valence-electron chi connectivity index (χ2n) is 5.80. The predicted octanol–water partition coefficient (Wildman–Crippen LogP) is 4.83. The first kappa shape index (κ1) is 20.2. The average molecular weight is 346 g/mol. The Morgan fingerprint density at radius 3 is 2.50 bits per heavy atom. The molecule has 1 rings (SSSR count). The molecule has 0 aliphatic rings. The number of hydrogen-bond donors (Lipinski definition) is 0. The molecule has 0 heterocycles. The monoisotopic (exact) mass is 346 g/mol. The molecule has 4 heteroatoms. The van der Waals surface area contributed by atoms with Crippen LogP contribution in [0.15, 0.2) is 59.0 Å². The number of thioether (sulfide) groups is 1. The topological polar surface area (TPSA) is 43.4 Å². The minimum absolute atomic E-state index is 0.0837. The lowest BCUT2D eigenvalue weighted by atomic mass is 9.88. The van der Waals surface area contributed by atoms with Crippen molar-refractivity contribution in [3.05, 3.63) is 54.1 Å². The van der Waals surface area contributed by atoms with Gasteiger partial charge < -0.3 is 4.74 Å². The summed E-state index contributed by atoms with van der Waals surface area (Å²) in [6.07, 6.45) is 3.10. The summed E-state index contributed by atoms with van der Waals surface area (Å²) in [7, 11) is 1.30. The third kappa shape index (κ3) is 7.64. The van der Waals surface area contributed by atoms with Crippen molar-refractivity contribution in [3.63, 3.8) is 0 Å². The van der Waals surface area contributed by atoms with Gasteiger partial charge in [-0.05, 0) is 32.4 Å². The Labute approximate surface area is 149 Å². The molecule has 24 heavy (non-hydrogen) atoms. The Balaban J connectivity index is 2.53. The minimum Gasteiger partial charge on any atom is -0.469 e. The highest BCUT2D eigenvalue weighted by Crippen LogP contribution is 2.26. The van der Waals surface area contributed by atoms with Crippen molar-refractivity contribution in [1.29, 1.82) is 0 Å². The van der Waals surface area contributed by atoms with Gasteiger partial charge in [-0.25, -0.2) is 0 Å². The van der Waals surface area contributed by atoms with Crippen LogP contribution in [0.4, 0.5) is 0 Å². The summed E-state index contributed by atoms with van der Waals surface area (Å²) in [6.45, 7) is 8.11. The number of Topliss-reactive ketones (excluding diaryl/α,β-unsaturated/α-hetero) is 1. The number of carbonyl (C=O) groups is 2. The van der Waals surface area contributed by atoms with E-state index >= 15 is 0 Å². The highest BCUT2D eigenvalue weighted by atomic mass is 32.2. The SMILES string of the molecule is C=C(C)[C@H](CCC(=O)CC(=O)OC)/C(C)=C\CSc1ccccc1. The van der Waals surface area contributed by atoms with Gasteiger partial charge in [0.25, 0.3) is 0 Å². The third-order valence-corrected chi connectivity index (χ3v) is 4.76. The fraction of sp³-hybridized carbons (Fsp3) is 0.400. The summed E-state index contributed by atoms with van der Waals surface area (Å²) in [5.41, 5.74) is 2.26. The molecule has 0 amide bonds. The summed E-state index contributed by atoms with van der Waals surface area (Å²) < 4.78 is 4.53. The van der Waals surface area contributed by atoms with E-state index in [9.17, 15) is 9.59 Å². The maximum atomic E-state index is 11.8. The zero-order valence-corrected chi connectivity index (χ0v) is 15.5. The number of allylic oxidation sites excluding steroid dienone is 2. The molecule has 1 atom stereocenters. The van der Waals surface area contributed by atoms with Crippen LogP contribution in [0.1, 0.15) is 33.1 Å². The van der Waals surface area contributed by atoms with Gasteiger partial charge >= 0.3 is 5.97 Å². The Morgan fingerprint density at radius 1 is 1.25 bits per heavy atom. The molecule has 0 fully saturated rings. The molecule has 0 saturated heterocycles. The van der Waals surface area contributed by atoms with Gasteiger partial charge in [-0.15, -0.1) is 11.8 Å². The average Bonchev–Trinajstić information content (AvgIpc) is 2.55. The molecule has 0 saturated carbocycles. The van der Waals surface area contributed by atoms with Crippen LogP contribution in [0.2, 0.25) is 0 Å². The van der Waals surface area contributed by atoms with Crippen molar-refractivity contribution in [2.45, 2.75) is 38.0 Å². The van der Waals surface area contributed by atoms with Gasteiger partial charge in [0.15, 0.2) is 0 Å². The van der Waals surface area contributed by atoms with Gasteiger partial charge in [-0.3, -0.25) is 9.59 Å². The Bertz CT molecular complexity index is 590. The largest absolute Gasteiger partial charge is 0.469 e. The lowest BCUT2D eigenvalue weighted by molar-refractivity contribution is -0.143. The number of ether oxygens (including phenoxy) is 1. The van der Waals surface area contributed by atoms with E-state index in [1.165, 1.54) is 17.6 Å². The molecule has 0 radical (unpaired) electrons. The summed E-state index contributed by atoms with van der Waals surface area (Å²) >= 11 is 1.78. The van der Waals surface area contributed by atoms with E-state index in [0.29, 0.717) is 12.8 Å². The highest BCUT2D eigenvalue weighted by molar-refractivity contribution is 7.99. The van der Waals surface area contributed by atoms with E-state index in [4.69, 9.17) is 0 Å². The predicted molar refractivity (Wildman–Crippen MR) is 100 cm³/mol.